The zero-order valence-electron chi connectivity index (χ0n) is 11.3. The normalized spacial score (nSPS) is 10.7. The summed E-state index contributed by atoms with van der Waals surface area (Å²) in [5, 5.41) is 4.91. The molecule has 0 atom stereocenters. The highest BCUT2D eigenvalue weighted by atomic mass is 35.5. The van der Waals surface area contributed by atoms with Crippen molar-refractivity contribution in [3.8, 4) is 0 Å². The van der Waals surface area contributed by atoms with Crippen LogP contribution in [0.25, 0.3) is 0 Å². The van der Waals surface area contributed by atoms with Gasteiger partial charge in [-0.25, -0.2) is 0 Å². The van der Waals surface area contributed by atoms with Gasteiger partial charge in [0.25, 0.3) is 0 Å². The highest BCUT2D eigenvalue weighted by Crippen LogP contribution is 2.22. The van der Waals surface area contributed by atoms with Gasteiger partial charge in [-0.2, -0.15) is 5.10 Å². The van der Waals surface area contributed by atoms with Gasteiger partial charge in [0.05, 0.1) is 22.8 Å². The average Bonchev–Trinajstić information content (AvgIpc) is 2.66. The maximum absolute atomic E-state index is 12.2. The first-order valence-electron chi connectivity index (χ1n) is 6.19. The molecule has 0 fully saturated rings. The van der Waals surface area contributed by atoms with E-state index in [2.05, 4.69) is 10.1 Å². The first kappa shape index (κ1) is 13.7. The first-order valence-corrected chi connectivity index (χ1v) is 6.56. The van der Waals surface area contributed by atoms with Gasteiger partial charge in [0, 0.05) is 24.5 Å². The van der Waals surface area contributed by atoms with Crippen LogP contribution in [0.15, 0.2) is 18.3 Å². The summed E-state index contributed by atoms with van der Waals surface area (Å²) >= 11 is 6.24. The Hall–Kier alpha value is -1.68. The zero-order chi connectivity index (χ0) is 14.0. The summed E-state index contributed by atoms with van der Waals surface area (Å²) in [7, 11) is 1.81. The number of nitrogens with zero attached hydrogens (tertiary/aromatic N) is 3. The second kappa shape index (κ2) is 5.53. The van der Waals surface area contributed by atoms with Crippen LogP contribution in [-0.2, 0) is 19.9 Å². The highest BCUT2D eigenvalue weighted by Gasteiger charge is 2.17. The molecule has 0 aromatic carbocycles. The molecule has 0 saturated carbocycles. The van der Waals surface area contributed by atoms with E-state index in [1.165, 1.54) is 0 Å². The van der Waals surface area contributed by atoms with E-state index in [0.29, 0.717) is 10.6 Å². The van der Waals surface area contributed by atoms with Gasteiger partial charge in [0.15, 0.2) is 5.78 Å². The zero-order valence-corrected chi connectivity index (χ0v) is 12.0. The molecule has 0 spiro atoms. The van der Waals surface area contributed by atoms with E-state index in [1.807, 2.05) is 20.9 Å². The molecule has 4 nitrogen and oxygen atoms in total. The Morgan fingerprint density at radius 1 is 1.47 bits per heavy atom. The smallest absolute Gasteiger partial charge is 0.168 e. The summed E-state index contributed by atoms with van der Waals surface area (Å²) < 4.78 is 1.69. The van der Waals surface area contributed by atoms with Crippen molar-refractivity contribution >= 4 is 17.4 Å². The molecule has 2 rings (SSSR count). The summed E-state index contributed by atoms with van der Waals surface area (Å²) in [6.07, 6.45) is 2.66. The van der Waals surface area contributed by atoms with Crippen LogP contribution >= 0.6 is 11.6 Å². The van der Waals surface area contributed by atoms with E-state index in [9.17, 15) is 4.79 Å². The highest BCUT2D eigenvalue weighted by molar-refractivity contribution is 6.32. The number of hydrogen-bond acceptors (Lipinski definition) is 3. The van der Waals surface area contributed by atoms with Crippen molar-refractivity contribution in [2.24, 2.45) is 7.05 Å². The van der Waals surface area contributed by atoms with Crippen LogP contribution in [-0.4, -0.2) is 20.5 Å². The van der Waals surface area contributed by atoms with Crippen molar-refractivity contribution in [3.05, 3.63) is 46.0 Å². The SMILES string of the molecule is CCc1nn(C)c(CC(=O)c2ccnc(C)c2)c1Cl. The van der Waals surface area contributed by atoms with Gasteiger partial charge in [0.1, 0.15) is 0 Å². The molecule has 0 N–H and O–H groups in total. The Morgan fingerprint density at radius 3 is 2.79 bits per heavy atom. The molecule has 5 heteroatoms. The molecule has 2 aromatic rings. The lowest BCUT2D eigenvalue weighted by atomic mass is 10.1. The minimum atomic E-state index is 0.0260. The minimum Gasteiger partial charge on any atom is -0.294 e. The Labute approximate surface area is 117 Å². The molecular formula is C14H16ClN3O. The predicted molar refractivity (Wildman–Crippen MR) is 74.6 cm³/mol. The van der Waals surface area contributed by atoms with Crippen LogP contribution in [0, 0.1) is 6.92 Å². The molecular weight excluding hydrogens is 262 g/mol. The number of halogens is 1. The van der Waals surface area contributed by atoms with Gasteiger partial charge in [0.2, 0.25) is 0 Å². The Bertz CT molecular complexity index is 619. The quantitative estimate of drug-likeness (QED) is 0.808. The van der Waals surface area contributed by atoms with Crippen LogP contribution in [0.5, 0.6) is 0 Å². The van der Waals surface area contributed by atoms with Crippen molar-refractivity contribution in [2.45, 2.75) is 26.7 Å². The second-order valence-corrected chi connectivity index (χ2v) is 4.85. The molecule has 0 aliphatic rings. The van der Waals surface area contributed by atoms with Gasteiger partial charge < -0.3 is 0 Å². The third-order valence-corrected chi connectivity index (χ3v) is 3.49. The van der Waals surface area contributed by atoms with Crippen molar-refractivity contribution in [1.29, 1.82) is 0 Å². The van der Waals surface area contributed by atoms with Gasteiger partial charge >= 0.3 is 0 Å². The third-order valence-electron chi connectivity index (χ3n) is 3.05. The first-order chi connectivity index (χ1) is 9.02. The van der Waals surface area contributed by atoms with Gasteiger partial charge in [-0.15, -0.1) is 0 Å². The van der Waals surface area contributed by atoms with E-state index in [0.717, 1.165) is 23.5 Å². The molecule has 0 radical (unpaired) electrons. The van der Waals surface area contributed by atoms with Crippen molar-refractivity contribution in [2.75, 3.05) is 0 Å². The summed E-state index contributed by atoms with van der Waals surface area (Å²) in [4.78, 5) is 16.3. The Kier molecular flexibility index (Phi) is 4.00. The molecule has 0 unspecified atom stereocenters. The number of aryl methyl sites for hydroxylation is 3. The van der Waals surface area contributed by atoms with E-state index >= 15 is 0 Å². The maximum Gasteiger partial charge on any atom is 0.168 e. The number of rotatable bonds is 4. The fraction of sp³-hybridized carbons (Fsp3) is 0.357. The number of pyridine rings is 1. The number of ketones is 1. The number of Topliss-reactive ketones (excluding diaryl/α,β-unsaturated/α-hetero) is 1. The third kappa shape index (κ3) is 2.84. The maximum atomic E-state index is 12.2. The monoisotopic (exact) mass is 277 g/mol. The molecule has 2 heterocycles. The van der Waals surface area contributed by atoms with Gasteiger partial charge in [-0.1, -0.05) is 18.5 Å². The molecule has 19 heavy (non-hydrogen) atoms. The van der Waals surface area contributed by atoms with Crippen molar-refractivity contribution in [1.82, 2.24) is 14.8 Å². The Balaban J connectivity index is 2.27. The largest absolute Gasteiger partial charge is 0.294 e. The lowest BCUT2D eigenvalue weighted by Gasteiger charge is -2.03. The summed E-state index contributed by atoms with van der Waals surface area (Å²) in [5.41, 5.74) is 3.08. The molecule has 2 aromatic heterocycles. The van der Waals surface area contributed by atoms with E-state index in [4.69, 9.17) is 11.6 Å². The summed E-state index contributed by atoms with van der Waals surface area (Å²) in [6.45, 7) is 3.86. The van der Waals surface area contributed by atoms with Crippen LogP contribution in [0.1, 0.15) is 34.4 Å². The summed E-state index contributed by atoms with van der Waals surface area (Å²) in [5.74, 6) is 0.0260. The molecule has 0 amide bonds. The molecule has 0 saturated heterocycles. The van der Waals surface area contributed by atoms with Gasteiger partial charge in [-0.3, -0.25) is 14.5 Å². The standard InChI is InChI=1S/C14H16ClN3O/c1-4-11-14(15)12(18(3)17-11)8-13(19)10-5-6-16-9(2)7-10/h5-7H,4,8H2,1-3H3. The fourth-order valence-electron chi connectivity index (χ4n) is 1.99. The summed E-state index contributed by atoms with van der Waals surface area (Å²) in [6, 6.07) is 3.51. The topological polar surface area (TPSA) is 47.8 Å². The van der Waals surface area contributed by atoms with Crippen LogP contribution < -0.4 is 0 Å². The fourth-order valence-corrected chi connectivity index (χ4v) is 2.35. The second-order valence-electron chi connectivity index (χ2n) is 4.47. The van der Waals surface area contributed by atoms with E-state index < -0.39 is 0 Å². The van der Waals surface area contributed by atoms with Crippen LogP contribution in [0.2, 0.25) is 5.02 Å². The van der Waals surface area contributed by atoms with E-state index in [-0.39, 0.29) is 12.2 Å². The number of carbonyl (C=O) groups is 1. The molecule has 0 bridgehead atoms. The lowest BCUT2D eigenvalue weighted by Crippen LogP contribution is -2.08. The average molecular weight is 278 g/mol. The van der Waals surface area contributed by atoms with Crippen molar-refractivity contribution < 1.29 is 4.79 Å². The molecule has 0 aliphatic heterocycles. The molecule has 100 valence electrons. The molecule has 0 aliphatic carbocycles. The van der Waals surface area contributed by atoms with Crippen LogP contribution in [0.4, 0.5) is 0 Å². The number of hydrogen-bond donors (Lipinski definition) is 0. The van der Waals surface area contributed by atoms with Gasteiger partial charge in [-0.05, 0) is 25.5 Å². The van der Waals surface area contributed by atoms with Crippen molar-refractivity contribution in [3.63, 3.8) is 0 Å². The lowest BCUT2D eigenvalue weighted by molar-refractivity contribution is 0.0990. The van der Waals surface area contributed by atoms with E-state index in [1.54, 1.807) is 23.0 Å². The van der Waals surface area contributed by atoms with Crippen LogP contribution in [0.3, 0.4) is 0 Å². The Morgan fingerprint density at radius 2 is 2.21 bits per heavy atom. The number of aromatic nitrogens is 3. The predicted octanol–water partition coefficient (Wildman–Crippen LogP) is 2.76. The number of carbonyl (C=O) groups excluding carboxylic acids is 1. The minimum absolute atomic E-state index is 0.0260.